The molecular weight excluding hydrogens is 758 g/mol. The summed E-state index contributed by atoms with van der Waals surface area (Å²) in [5.41, 5.74) is 7.68. The molecule has 0 spiro atoms. The van der Waals surface area contributed by atoms with Crippen LogP contribution in [0.4, 0.5) is 4.39 Å². The molecule has 4 unspecified atom stereocenters. The first kappa shape index (κ1) is 46.7. The number of carbonyl (C=O) groups is 4. The Kier molecular flexibility index (Phi) is 17.9. The highest BCUT2D eigenvalue weighted by molar-refractivity contribution is 6.09. The Morgan fingerprint density at radius 1 is 0.650 bits per heavy atom. The summed E-state index contributed by atoms with van der Waals surface area (Å²) in [7, 11) is 0. The normalized spacial score (nSPS) is 21.2. The molecule has 0 heterocycles. The summed E-state index contributed by atoms with van der Waals surface area (Å²) < 4.78 is 20.6. The van der Waals surface area contributed by atoms with Crippen LogP contribution < -0.4 is 16.4 Å². The predicted molar refractivity (Wildman–Crippen MR) is 234 cm³/mol. The SMILES string of the molecule is CCCCCCCCCc1ccc(CNC2CCC(C(N)=O)(C(=O)OC(=O)C3(C(=O)O)CCC(NCc4ccc(-c5ccc(CCCCCCC)cc5)c(F)c4)C3)C2)cc1. The number of aliphatic carboxylic acids is 1. The number of aryl methyl sites for hydroxylation is 2. The number of nitrogens with one attached hydrogen (secondary N) is 2. The monoisotopic (exact) mass is 826 g/mol. The molecule has 0 saturated heterocycles. The molecule has 2 fully saturated rings. The number of carboxylic acid groups (broad SMARTS) is 1. The van der Waals surface area contributed by atoms with Crippen LogP contribution in [0, 0.1) is 16.6 Å². The Bertz CT molecular complexity index is 1870. The fourth-order valence-electron chi connectivity index (χ4n) is 9.02. The minimum absolute atomic E-state index is 0.0505. The number of amides is 1. The van der Waals surface area contributed by atoms with E-state index in [1.807, 2.05) is 18.2 Å². The number of esters is 2. The lowest BCUT2D eigenvalue weighted by atomic mass is 9.83. The van der Waals surface area contributed by atoms with Gasteiger partial charge in [0.25, 0.3) is 0 Å². The lowest BCUT2D eigenvalue weighted by Gasteiger charge is -2.27. The van der Waals surface area contributed by atoms with Gasteiger partial charge in [0.05, 0.1) is 0 Å². The number of carboxylic acids is 1. The molecule has 0 bridgehead atoms. The summed E-state index contributed by atoms with van der Waals surface area (Å²) in [6, 6.07) is 20.9. The van der Waals surface area contributed by atoms with Crippen molar-refractivity contribution >= 4 is 23.8 Å². The van der Waals surface area contributed by atoms with Gasteiger partial charge in [-0.3, -0.25) is 19.2 Å². The van der Waals surface area contributed by atoms with Gasteiger partial charge < -0.3 is 26.2 Å². The molecule has 0 aromatic heterocycles. The highest BCUT2D eigenvalue weighted by Crippen LogP contribution is 2.43. The van der Waals surface area contributed by atoms with E-state index in [9.17, 15) is 24.3 Å². The highest BCUT2D eigenvalue weighted by atomic mass is 19.1. The van der Waals surface area contributed by atoms with Crippen molar-refractivity contribution in [1.82, 2.24) is 10.6 Å². The average Bonchev–Trinajstić information content (AvgIpc) is 3.90. The van der Waals surface area contributed by atoms with E-state index in [-0.39, 0.29) is 44.1 Å². The summed E-state index contributed by atoms with van der Waals surface area (Å²) in [5, 5.41) is 17.0. The van der Waals surface area contributed by atoms with Crippen LogP contribution in [-0.4, -0.2) is 41.0 Å². The number of carbonyl (C=O) groups excluding carboxylic acids is 3. The third kappa shape index (κ3) is 12.6. The molecule has 60 heavy (non-hydrogen) atoms. The van der Waals surface area contributed by atoms with Crippen LogP contribution in [-0.2, 0) is 49.8 Å². The lowest BCUT2D eigenvalue weighted by molar-refractivity contribution is -0.179. The fraction of sp³-hybridized carbons (Fsp3) is 0.560. The topological polar surface area (TPSA) is 148 Å². The standard InChI is InChI=1S/C50H68FN3O6/c1-3-5-7-9-10-12-14-15-36-17-19-38(20-18-36)34-53-41-27-29-49(32-41,45(52)55)47(58)60-48(59)50(46(56)57)30-28-42(33-50)54-35-39-23-26-43(44(51)31-39)40-24-21-37(22-25-40)16-13-11-8-6-4-2/h17-26,31,41-42,53-54H,3-16,27-30,32-35H2,1-2H3,(H2,52,55)(H,56,57). The molecule has 1 amide bonds. The van der Waals surface area contributed by atoms with Crippen molar-refractivity contribution in [1.29, 1.82) is 0 Å². The van der Waals surface area contributed by atoms with Crippen LogP contribution in [0.5, 0.6) is 0 Å². The minimum atomic E-state index is -1.97. The van der Waals surface area contributed by atoms with Gasteiger partial charge in [0.2, 0.25) is 5.91 Å². The number of benzene rings is 3. The minimum Gasteiger partial charge on any atom is -0.480 e. The Balaban J connectivity index is 1.09. The second-order valence-corrected chi connectivity index (χ2v) is 17.5. The molecule has 3 aromatic carbocycles. The quantitative estimate of drug-likeness (QED) is 0.0375. The first-order chi connectivity index (χ1) is 29.0. The van der Waals surface area contributed by atoms with Gasteiger partial charge in [-0.2, -0.15) is 0 Å². The van der Waals surface area contributed by atoms with E-state index >= 15 is 4.39 Å². The van der Waals surface area contributed by atoms with Crippen molar-refractivity contribution in [3.8, 4) is 11.1 Å². The summed E-state index contributed by atoms with van der Waals surface area (Å²) in [5.74, 6) is -4.92. The van der Waals surface area contributed by atoms with Crippen LogP contribution in [0.15, 0.2) is 66.7 Å². The summed E-state index contributed by atoms with van der Waals surface area (Å²) in [6.45, 7) is 5.23. The largest absolute Gasteiger partial charge is 0.480 e. The van der Waals surface area contributed by atoms with Gasteiger partial charge >= 0.3 is 17.9 Å². The Labute approximate surface area is 356 Å². The van der Waals surface area contributed by atoms with E-state index in [2.05, 4.69) is 60.9 Å². The zero-order valence-electron chi connectivity index (χ0n) is 36.0. The predicted octanol–water partition coefficient (Wildman–Crippen LogP) is 9.90. The molecule has 326 valence electrons. The number of hydrogen-bond acceptors (Lipinski definition) is 7. The van der Waals surface area contributed by atoms with E-state index in [1.165, 1.54) is 87.8 Å². The van der Waals surface area contributed by atoms with Crippen LogP contribution >= 0.6 is 0 Å². The van der Waals surface area contributed by atoms with E-state index in [1.54, 1.807) is 6.07 Å². The second-order valence-electron chi connectivity index (χ2n) is 17.5. The maximum absolute atomic E-state index is 15.3. The molecule has 0 aliphatic heterocycles. The summed E-state index contributed by atoms with van der Waals surface area (Å²) in [6.07, 6.45) is 17.8. The Morgan fingerprint density at radius 2 is 1.10 bits per heavy atom. The third-order valence-corrected chi connectivity index (χ3v) is 13.0. The Hall–Kier alpha value is -4.41. The van der Waals surface area contributed by atoms with Crippen LogP contribution in [0.2, 0.25) is 0 Å². The molecule has 5 rings (SSSR count). The van der Waals surface area contributed by atoms with Crippen molar-refractivity contribution in [2.45, 2.75) is 167 Å². The number of halogens is 1. The van der Waals surface area contributed by atoms with Crippen LogP contribution in [0.25, 0.3) is 11.1 Å². The molecule has 3 aromatic rings. The first-order valence-corrected chi connectivity index (χ1v) is 22.7. The molecule has 2 saturated carbocycles. The molecule has 4 atom stereocenters. The molecule has 9 nitrogen and oxygen atoms in total. The highest BCUT2D eigenvalue weighted by Gasteiger charge is 2.57. The van der Waals surface area contributed by atoms with Crippen molar-refractivity contribution in [2.75, 3.05) is 0 Å². The van der Waals surface area contributed by atoms with Gasteiger partial charge in [-0.15, -0.1) is 0 Å². The van der Waals surface area contributed by atoms with E-state index < -0.39 is 40.7 Å². The van der Waals surface area contributed by atoms with Gasteiger partial charge in [-0.05, 0) is 98.1 Å². The third-order valence-electron chi connectivity index (χ3n) is 13.0. The molecule has 5 N–H and O–H groups in total. The average molecular weight is 826 g/mol. The van der Waals surface area contributed by atoms with Crippen molar-refractivity contribution in [3.05, 3.63) is 94.8 Å². The maximum atomic E-state index is 15.3. The van der Waals surface area contributed by atoms with Crippen molar-refractivity contribution in [2.24, 2.45) is 16.6 Å². The number of rotatable bonds is 25. The second kappa shape index (κ2) is 23.0. The molecule has 0 radical (unpaired) electrons. The fourth-order valence-corrected chi connectivity index (χ4v) is 9.02. The first-order valence-electron chi connectivity index (χ1n) is 22.7. The molecule has 2 aliphatic carbocycles. The maximum Gasteiger partial charge on any atom is 0.331 e. The van der Waals surface area contributed by atoms with E-state index in [0.29, 0.717) is 30.5 Å². The number of ether oxygens (including phenoxy) is 1. The van der Waals surface area contributed by atoms with E-state index in [0.717, 1.165) is 30.4 Å². The van der Waals surface area contributed by atoms with Gasteiger partial charge in [-0.1, -0.05) is 139 Å². The smallest absolute Gasteiger partial charge is 0.331 e. The number of nitrogens with two attached hydrogens (primary N) is 1. The zero-order valence-corrected chi connectivity index (χ0v) is 36.0. The van der Waals surface area contributed by atoms with Gasteiger partial charge in [0, 0.05) is 30.7 Å². The van der Waals surface area contributed by atoms with Gasteiger partial charge in [0.1, 0.15) is 11.2 Å². The van der Waals surface area contributed by atoms with E-state index in [4.69, 9.17) is 10.5 Å². The lowest BCUT2D eigenvalue weighted by Crippen LogP contribution is -2.48. The number of hydrogen-bond donors (Lipinski definition) is 4. The van der Waals surface area contributed by atoms with Crippen LogP contribution in [0.3, 0.4) is 0 Å². The molecule has 2 aliphatic rings. The number of primary amides is 1. The Morgan fingerprint density at radius 3 is 1.63 bits per heavy atom. The van der Waals surface area contributed by atoms with Crippen molar-refractivity contribution in [3.63, 3.8) is 0 Å². The van der Waals surface area contributed by atoms with Gasteiger partial charge in [-0.25, -0.2) is 4.39 Å². The summed E-state index contributed by atoms with van der Waals surface area (Å²) in [4.78, 5) is 52.6. The molecular formula is C50H68FN3O6. The van der Waals surface area contributed by atoms with Gasteiger partial charge in [0.15, 0.2) is 5.41 Å². The zero-order chi connectivity index (χ0) is 43.0. The number of unbranched alkanes of at least 4 members (excludes halogenated alkanes) is 10. The summed E-state index contributed by atoms with van der Waals surface area (Å²) >= 11 is 0. The van der Waals surface area contributed by atoms with Crippen LogP contribution in [0.1, 0.15) is 152 Å². The molecule has 10 heteroatoms. The van der Waals surface area contributed by atoms with Crippen molar-refractivity contribution < 1.29 is 33.4 Å².